The van der Waals surface area contributed by atoms with Gasteiger partial charge >= 0.3 is 0 Å². The van der Waals surface area contributed by atoms with Crippen LogP contribution in [0.1, 0.15) is 44.4 Å². The number of fused-ring (bicyclic) bond motifs is 2. The highest BCUT2D eigenvalue weighted by Crippen LogP contribution is 2.45. The second-order valence-corrected chi connectivity index (χ2v) is 9.83. The van der Waals surface area contributed by atoms with Crippen molar-refractivity contribution < 1.29 is 17.7 Å². The average Bonchev–Trinajstić information content (AvgIpc) is 3.39. The maximum Gasteiger partial charge on any atom is 0.243 e. The topological polar surface area (TPSA) is 98.4 Å². The normalized spacial score (nSPS) is 23.7. The molecule has 5 rings (SSSR count). The first-order valence-electron chi connectivity index (χ1n) is 10.6. The SMILES string of the molecule is CCOc1ccc(S(=O)(=O)N2C3CCC2CC(c2nc(-c4cccnc4)no2)C3)cc1. The van der Waals surface area contributed by atoms with E-state index < -0.39 is 10.0 Å². The van der Waals surface area contributed by atoms with Gasteiger partial charge in [-0.2, -0.15) is 9.29 Å². The Labute approximate surface area is 181 Å². The number of nitrogens with zero attached hydrogens (tertiary/aromatic N) is 4. The van der Waals surface area contributed by atoms with Crippen LogP contribution in [0.3, 0.4) is 0 Å². The Morgan fingerprint density at radius 2 is 1.87 bits per heavy atom. The van der Waals surface area contributed by atoms with Crippen LogP contribution >= 0.6 is 0 Å². The van der Waals surface area contributed by atoms with E-state index in [-0.39, 0.29) is 18.0 Å². The Kier molecular flexibility index (Phi) is 5.23. The summed E-state index contributed by atoms with van der Waals surface area (Å²) in [4.78, 5) is 8.98. The van der Waals surface area contributed by atoms with E-state index in [9.17, 15) is 8.42 Å². The Balaban J connectivity index is 1.35. The molecule has 4 heterocycles. The lowest BCUT2D eigenvalue weighted by Crippen LogP contribution is -2.45. The molecule has 31 heavy (non-hydrogen) atoms. The first kappa shape index (κ1) is 20.1. The van der Waals surface area contributed by atoms with E-state index >= 15 is 0 Å². The van der Waals surface area contributed by atoms with Crippen molar-refractivity contribution in [3.8, 4) is 17.1 Å². The van der Waals surface area contributed by atoms with Gasteiger partial charge in [-0.05, 0) is 69.0 Å². The fourth-order valence-corrected chi connectivity index (χ4v) is 6.63. The molecule has 2 unspecified atom stereocenters. The second-order valence-electron chi connectivity index (χ2n) is 7.99. The molecular weight excluding hydrogens is 416 g/mol. The number of aromatic nitrogens is 3. The maximum atomic E-state index is 13.4. The maximum absolute atomic E-state index is 13.4. The first-order valence-corrected chi connectivity index (χ1v) is 12.0. The molecule has 9 heteroatoms. The van der Waals surface area contributed by atoms with Gasteiger partial charge in [-0.15, -0.1) is 0 Å². The minimum Gasteiger partial charge on any atom is -0.494 e. The van der Waals surface area contributed by atoms with Crippen LogP contribution in [0.2, 0.25) is 0 Å². The molecule has 2 saturated heterocycles. The largest absolute Gasteiger partial charge is 0.494 e. The minimum absolute atomic E-state index is 0.0576. The van der Waals surface area contributed by atoms with Crippen molar-refractivity contribution >= 4 is 10.0 Å². The van der Waals surface area contributed by atoms with Crippen LogP contribution in [0.25, 0.3) is 11.4 Å². The van der Waals surface area contributed by atoms with Gasteiger partial charge in [-0.1, -0.05) is 5.16 Å². The van der Waals surface area contributed by atoms with Crippen molar-refractivity contribution in [2.75, 3.05) is 6.61 Å². The summed E-state index contributed by atoms with van der Waals surface area (Å²) in [5.74, 6) is 1.82. The van der Waals surface area contributed by atoms with E-state index in [0.29, 0.717) is 41.8 Å². The Morgan fingerprint density at radius 1 is 1.13 bits per heavy atom. The van der Waals surface area contributed by atoms with Crippen molar-refractivity contribution in [2.24, 2.45) is 0 Å². The highest BCUT2D eigenvalue weighted by atomic mass is 32.2. The number of benzene rings is 1. The second kappa shape index (κ2) is 8.05. The smallest absolute Gasteiger partial charge is 0.243 e. The zero-order chi connectivity index (χ0) is 21.4. The van der Waals surface area contributed by atoms with E-state index in [4.69, 9.17) is 9.26 Å². The van der Waals surface area contributed by atoms with Crippen molar-refractivity contribution in [2.45, 2.75) is 55.5 Å². The fourth-order valence-electron chi connectivity index (χ4n) is 4.74. The minimum atomic E-state index is -3.57. The molecule has 3 aromatic rings. The van der Waals surface area contributed by atoms with Crippen molar-refractivity contribution in [3.63, 3.8) is 0 Å². The first-order chi connectivity index (χ1) is 15.1. The van der Waals surface area contributed by atoms with Crippen molar-refractivity contribution in [3.05, 3.63) is 54.7 Å². The van der Waals surface area contributed by atoms with Gasteiger partial charge in [0.1, 0.15) is 5.75 Å². The number of piperidine rings is 1. The van der Waals surface area contributed by atoms with Crippen LogP contribution in [-0.2, 0) is 10.0 Å². The molecule has 162 valence electrons. The van der Waals surface area contributed by atoms with Gasteiger partial charge in [0.15, 0.2) is 0 Å². The van der Waals surface area contributed by atoms with Crippen molar-refractivity contribution in [1.82, 2.24) is 19.4 Å². The molecule has 0 saturated carbocycles. The lowest BCUT2D eigenvalue weighted by atomic mass is 9.92. The molecule has 0 amide bonds. The van der Waals surface area contributed by atoms with Crippen LogP contribution < -0.4 is 4.74 Å². The summed E-state index contributed by atoms with van der Waals surface area (Å²) in [5.41, 5.74) is 0.802. The number of pyridine rings is 1. The van der Waals surface area contributed by atoms with E-state index in [1.54, 1.807) is 41.0 Å². The van der Waals surface area contributed by atoms with E-state index in [1.807, 2.05) is 19.1 Å². The van der Waals surface area contributed by atoms with Crippen LogP contribution in [0.5, 0.6) is 5.75 Å². The van der Waals surface area contributed by atoms with Crippen LogP contribution in [0.15, 0.2) is 58.2 Å². The summed E-state index contributed by atoms with van der Waals surface area (Å²) in [5, 5.41) is 4.10. The monoisotopic (exact) mass is 440 g/mol. The molecule has 0 N–H and O–H groups in total. The highest BCUT2D eigenvalue weighted by Gasteiger charge is 2.48. The van der Waals surface area contributed by atoms with Crippen LogP contribution in [0, 0.1) is 0 Å². The Bertz CT molecular complexity index is 1130. The summed E-state index contributed by atoms with van der Waals surface area (Å²) < 4.78 is 39.4. The number of ether oxygens (including phenoxy) is 1. The highest BCUT2D eigenvalue weighted by molar-refractivity contribution is 7.89. The predicted molar refractivity (Wildman–Crippen MR) is 113 cm³/mol. The Morgan fingerprint density at radius 3 is 2.52 bits per heavy atom. The standard InChI is InChI=1S/C22H24N4O4S/c1-2-29-19-7-9-20(10-8-19)31(27,28)26-17-5-6-18(26)13-16(12-17)22-24-21(25-30-22)15-4-3-11-23-14-15/h3-4,7-11,14,16-18H,2,5-6,12-13H2,1H3. The third-order valence-electron chi connectivity index (χ3n) is 6.09. The van der Waals surface area contributed by atoms with E-state index in [1.165, 1.54) is 0 Å². The summed E-state index contributed by atoms with van der Waals surface area (Å²) in [6.45, 7) is 2.44. The van der Waals surface area contributed by atoms with E-state index in [0.717, 1.165) is 18.4 Å². The fraction of sp³-hybridized carbons (Fsp3) is 0.409. The zero-order valence-corrected chi connectivity index (χ0v) is 18.0. The average molecular weight is 441 g/mol. The van der Waals surface area contributed by atoms with Crippen molar-refractivity contribution in [1.29, 1.82) is 0 Å². The van der Waals surface area contributed by atoms with Gasteiger partial charge in [-0.3, -0.25) is 4.98 Å². The molecule has 2 aromatic heterocycles. The quantitative estimate of drug-likeness (QED) is 0.577. The number of hydrogen-bond donors (Lipinski definition) is 0. The summed E-state index contributed by atoms with van der Waals surface area (Å²) in [6.07, 6.45) is 6.46. The molecule has 2 aliphatic heterocycles. The summed E-state index contributed by atoms with van der Waals surface area (Å²) >= 11 is 0. The molecule has 0 aliphatic carbocycles. The van der Waals surface area contributed by atoms with Gasteiger partial charge in [0.05, 0.1) is 11.5 Å². The van der Waals surface area contributed by atoms with Gasteiger partial charge < -0.3 is 9.26 Å². The predicted octanol–water partition coefficient (Wildman–Crippen LogP) is 3.63. The lowest BCUT2D eigenvalue weighted by Gasteiger charge is -2.36. The molecule has 2 fully saturated rings. The lowest BCUT2D eigenvalue weighted by molar-refractivity contribution is 0.202. The number of sulfonamides is 1. The summed E-state index contributed by atoms with van der Waals surface area (Å²) in [6, 6.07) is 10.3. The molecule has 8 nitrogen and oxygen atoms in total. The Hall–Kier alpha value is -2.78. The number of rotatable bonds is 6. The van der Waals surface area contributed by atoms with Gasteiger partial charge in [0.2, 0.25) is 21.7 Å². The van der Waals surface area contributed by atoms with E-state index in [2.05, 4.69) is 15.1 Å². The molecule has 1 aromatic carbocycles. The molecule has 2 atom stereocenters. The number of hydrogen-bond acceptors (Lipinski definition) is 7. The van der Waals surface area contributed by atoms with Gasteiger partial charge in [0.25, 0.3) is 0 Å². The van der Waals surface area contributed by atoms with Crippen LogP contribution in [-0.4, -0.2) is 46.5 Å². The molecular formula is C22H24N4O4S. The third kappa shape index (κ3) is 3.72. The van der Waals surface area contributed by atoms with Gasteiger partial charge in [0, 0.05) is 36.0 Å². The van der Waals surface area contributed by atoms with Crippen LogP contribution in [0.4, 0.5) is 0 Å². The molecule has 0 spiro atoms. The molecule has 0 radical (unpaired) electrons. The molecule has 2 aliphatic rings. The summed E-state index contributed by atoms with van der Waals surface area (Å²) in [7, 11) is -3.57. The third-order valence-corrected chi connectivity index (χ3v) is 8.11. The molecule has 2 bridgehead atoms. The zero-order valence-electron chi connectivity index (χ0n) is 17.2. The van der Waals surface area contributed by atoms with Gasteiger partial charge in [-0.25, -0.2) is 8.42 Å².